The number of anilines is 3. The average molecular weight is 369 g/mol. The van der Waals surface area contributed by atoms with Crippen molar-refractivity contribution in [3.05, 3.63) is 42.0 Å². The van der Waals surface area contributed by atoms with E-state index in [0.29, 0.717) is 22.9 Å². The normalized spacial score (nSPS) is 14.3. The molecule has 0 atom stereocenters. The second-order valence-corrected chi connectivity index (χ2v) is 6.43. The molecule has 2 aromatic rings. The Kier molecular flexibility index (Phi) is 6.19. The molecule has 0 aliphatic heterocycles. The van der Waals surface area contributed by atoms with Crippen molar-refractivity contribution in [1.29, 1.82) is 0 Å². The van der Waals surface area contributed by atoms with Gasteiger partial charge in [0.2, 0.25) is 0 Å². The Morgan fingerprint density at radius 2 is 1.78 bits per heavy atom. The van der Waals surface area contributed by atoms with Crippen molar-refractivity contribution in [3.63, 3.8) is 0 Å². The number of nitrogens with one attached hydrogen (secondary N) is 3. The number of benzene rings is 1. The molecule has 0 bridgehead atoms. The fourth-order valence-corrected chi connectivity index (χ4v) is 3.04. The number of rotatable bonds is 5. The zero-order valence-corrected chi connectivity index (χ0v) is 15.2. The SMILES string of the molecule is COC(=O)c1cccc(Nc2ccc(NC(=O)NC3CCCCC3)nn2)c1. The summed E-state index contributed by atoms with van der Waals surface area (Å²) in [6.07, 6.45) is 5.59. The standard InChI is InChI=1S/C19H23N5O3/c1-27-18(25)13-6-5-9-15(12-13)20-16-10-11-17(24-23-16)22-19(26)21-14-7-3-2-4-8-14/h5-6,9-12,14H,2-4,7-8H2,1H3,(H,20,23)(H2,21,22,24,26). The first-order chi connectivity index (χ1) is 13.1. The Morgan fingerprint density at radius 3 is 2.48 bits per heavy atom. The van der Waals surface area contributed by atoms with Gasteiger partial charge in [0.1, 0.15) is 0 Å². The lowest BCUT2D eigenvalue weighted by molar-refractivity contribution is 0.0600. The molecule has 1 saturated carbocycles. The molecule has 142 valence electrons. The van der Waals surface area contributed by atoms with E-state index in [0.717, 1.165) is 25.7 Å². The number of carbonyl (C=O) groups excluding carboxylic acids is 2. The summed E-state index contributed by atoms with van der Waals surface area (Å²) in [5, 5.41) is 16.8. The monoisotopic (exact) mass is 369 g/mol. The maximum Gasteiger partial charge on any atom is 0.337 e. The van der Waals surface area contributed by atoms with Gasteiger partial charge in [0.25, 0.3) is 0 Å². The number of methoxy groups -OCH3 is 1. The molecule has 2 amide bonds. The van der Waals surface area contributed by atoms with Crippen molar-refractivity contribution < 1.29 is 14.3 Å². The topological polar surface area (TPSA) is 105 Å². The van der Waals surface area contributed by atoms with Crippen LogP contribution in [-0.2, 0) is 4.74 Å². The van der Waals surface area contributed by atoms with Crippen LogP contribution in [0.3, 0.4) is 0 Å². The highest BCUT2D eigenvalue weighted by atomic mass is 16.5. The summed E-state index contributed by atoms with van der Waals surface area (Å²) in [5.41, 5.74) is 1.12. The maximum atomic E-state index is 12.0. The molecule has 3 rings (SSSR count). The van der Waals surface area contributed by atoms with Gasteiger partial charge in [-0.25, -0.2) is 9.59 Å². The van der Waals surface area contributed by atoms with Gasteiger partial charge in [-0.1, -0.05) is 25.3 Å². The van der Waals surface area contributed by atoms with Crippen LogP contribution in [0.5, 0.6) is 0 Å². The van der Waals surface area contributed by atoms with Crippen LogP contribution in [-0.4, -0.2) is 35.3 Å². The molecule has 1 aromatic carbocycles. The minimum absolute atomic E-state index is 0.231. The zero-order valence-electron chi connectivity index (χ0n) is 15.2. The van der Waals surface area contributed by atoms with Gasteiger partial charge in [-0.3, -0.25) is 5.32 Å². The third kappa shape index (κ3) is 5.40. The number of nitrogens with zero attached hydrogens (tertiary/aromatic N) is 2. The molecule has 1 aliphatic rings. The first kappa shape index (κ1) is 18.6. The Labute approximate surface area is 157 Å². The van der Waals surface area contributed by atoms with Crippen LogP contribution in [0.25, 0.3) is 0 Å². The predicted octanol–water partition coefficient (Wildman–Crippen LogP) is 3.46. The van der Waals surface area contributed by atoms with Crippen LogP contribution in [0.1, 0.15) is 42.5 Å². The number of hydrogen-bond acceptors (Lipinski definition) is 6. The molecule has 1 fully saturated rings. The fraction of sp³-hybridized carbons (Fsp3) is 0.368. The number of hydrogen-bond donors (Lipinski definition) is 3. The van der Waals surface area contributed by atoms with Crippen molar-refractivity contribution in [2.75, 3.05) is 17.7 Å². The van der Waals surface area contributed by atoms with E-state index < -0.39 is 5.97 Å². The van der Waals surface area contributed by atoms with Crippen LogP contribution >= 0.6 is 0 Å². The summed E-state index contributed by atoms with van der Waals surface area (Å²) < 4.78 is 4.71. The summed E-state index contributed by atoms with van der Waals surface area (Å²) in [6.45, 7) is 0. The van der Waals surface area contributed by atoms with E-state index in [1.807, 2.05) is 0 Å². The molecule has 0 saturated heterocycles. The van der Waals surface area contributed by atoms with Crippen molar-refractivity contribution in [2.24, 2.45) is 0 Å². The summed E-state index contributed by atoms with van der Waals surface area (Å²) in [5.74, 6) is 0.459. The second kappa shape index (κ2) is 8.98. The van der Waals surface area contributed by atoms with E-state index >= 15 is 0 Å². The molecule has 27 heavy (non-hydrogen) atoms. The summed E-state index contributed by atoms with van der Waals surface area (Å²) >= 11 is 0. The minimum Gasteiger partial charge on any atom is -0.465 e. The molecule has 3 N–H and O–H groups in total. The highest BCUT2D eigenvalue weighted by molar-refractivity contribution is 5.90. The first-order valence-corrected chi connectivity index (χ1v) is 9.01. The molecular weight excluding hydrogens is 346 g/mol. The Hall–Kier alpha value is -3.16. The van der Waals surface area contributed by atoms with Gasteiger partial charge in [-0.2, -0.15) is 0 Å². The average Bonchev–Trinajstić information content (AvgIpc) is 2.70. The lowest BCUT2D eigenvalue weighted by atomic mass is 9.96. The van der Waals surface area contributed by atoms with E-state index in [9.17, 15) is 9.59 Å². The summed E-state index contributed by atoms with van der Waals surface area (Å²) in [4.78, 5) is 23.6. The van der Waals surface area contributed by atoms with Gasteiger partial charge in [0.05, 0.1) is 12.7 Å². The number of ether oxygens (including phenoxy) is 1. The summed E-state index contributed by atoms with van der Waals surface area (Å²) in [7, 11) is 1.34. The van der Waals surface area contributed by atoms with Crippen molar-refractivity contribution >= 4 is 29.3 Å². The van der Waals surface area contributed by atoms with Crippen LogP contribution in [0.4, 0.5) is 22.1 Å². The van der Waals surface area contributed by atoms with E-state index in [1.165, 1.54) is 13.5 Å². The lowest BCUT2D eigenvalue weighted by Crippen LogP contribution is -2.39. The van der Waals surface area contributed by atoms with Crippen LogP contribution in [0, 0.1) is 0 Å². The van der Waals surface area contributed by atoms with Gasteiger partial charge < -0.3 is 15.4 Å². The summed E-state index contributed by atoms with van der Waals surface area (Å²) in [6, 6.07) is 10.2. The number of aromatic nitrogens is 2. The highest BCUT2D eigenvalue weighted by Crippen LogP contribution is 2.18. The quantitative estimate of drug-likeness (QED) is 0.697. The smallest absolute Gasteiger partial charge is 0.337 e. The third-order valence-corrected chi connectivity index (χ3v) is 4.40. The molecular formula is C19H23N5O3. The van der Waals surface area contributed by atoms with Crippen LogP contribution in [0.15, 0.2) is 36.4 Å². The number of carbonyl (C=O) groups is 2. The number of esters is 1. The highest BCUT2D eigenvalue weighted by Gasteiger charge is 2.15. The Bertz CT molecular complexity index is 788. The minimum atomic E-state index is -0.409. The lowest BCUT2D eigenvalue weighted by Gasteiger charge is -2.22. The Morgan fingerprint density at radius 1 is 1.04 bits per heavy atom. The van der Waals surface area contributed by atoms with E-state index in [4.69, 9.17) is 4.74 Å². The first-order valence-electron chi connectivity index (χ1n) is 9.01. The van der Waals surface area contributed by atoms with E-state index in [-0.39, 0.29) is 12.1 Å². The molecule has 1 aliphatic carbocycles. The Balaban J connectivity index is 1.55. The molecule has 0 radical (unpaired) electrons. The van der Waals surface area contributed by atoms with Gasteiger partial charge in [0.15, 0.2) is 11.6 Å². The van der Waals surface area contributed by atoms with Gasteiger partial charge in [-0.05, 0) is 43.2 Å². The molecule has 8 nitrogen and oxygen atoms in total. The van der Waals surface area contributed by atoms with Gasteiger partial charge in [-0.15, -0.1) is 10.2 Å². The van der Waals surface area contributed by atoms with Crippen molar-refractivity contribution in [2.45, 2.75) is 38.1 Å². The largest absolute Gasteiger partial charge is 0.465 e. The van der Waals surface area contributed by atoms with E-state index in [1.54, 1.807) is 36.4 Å². The van der Waals surface area contributed by atoms with Crippen molar-refractivity contribution in [1.82, 2.24) is 15.5 Å². The second-order valence-electron chi connectivity index (χ2n) is 6.43. The van der Waals surface area contributed by atoms with Crippen molar-refractivity contribution in [3.8, 4) is 0 Å². The molecule has 0 spiro atoms. The number of urea groups is 1. The maximum absolute atomic E-state index is 12.0. The van der Waals surface area contributed by atoms with Gasteiger partial charge >= 0.3 is 12.0 Å². The third-order valence-electron chi connectivity index (χ3n) is 4.40. The molecule has 0 unspecified atom stereocenters. The fourth-order valence-electron chi connectivity index (χ4n) is 3.04. The number of amides is 2. The molecule has 1 heterocycles. The van der Waals surface area contributed by atoms with Crippen LogP contribution < -0.4 is 16.0 Å². The molecule has 8 heteroatoms. The zero-order chi connectivity index (χ0) is 19.1. The predicted molar refractivity (Wildman–Crippen MR) is 102 cm³/mol. The van der Waals surface area contributed by atoms with E-state index in [2.05, 4.69) is 26.1 Å². The van der Waals surface area contributed by atoms with Crippen LogP contribution in [0.2, 0.25) is 0 Å². The van der Waals surface area contributed by atoms with Gasteiger partial charge in [0, 0.05) is 11.7 Å². The molecule has 1 aromatic heterocycles.